The Kier molecular flexibility index (Phi) is 6.99. The molecule has 0 saturated carbocycles. The van der Waals surface area contributed by atoms with E-state index >= 15 is 0 Å². The molecule has 0 aliphatic carbocycles. The number of carbonyl (C=O) groups excluding carboxylic acids is 1. The van der Waals surface area contributed by atoms with Gasteiger partial charge in [-0.1, -0.05) is 26.0 Å². The molecule has 0 spiro atoms. The molecule has 1 unspecified atom stereocenters. The molecular formula is C18H27FN2O3. The minimum atomic E-state index is -0.662. The smallest absolute Gasteiger partial charge is 0.409 e. The van der Waals surface area contributed by atoms with E-state index < -0.39 is 6.10 Å². The minimum Gasteiger partial charge on any atom is -0.449 e. The fourth-order valence-electron chi connectivity index (χ4n) is 2.70. The van der Waals surface area contributed by atoms with Gasteiger partial charge in [0.25, 0.3) is 0 Å². The lowest BCUT2D eigenvalue weighted by Gasteiger charge is -2.24. The highest BCUT2D eigenvalue weighted by atomic mass is 19.1. The SMILES string of the molecule is CC(C)COC(=O)N1CCCN(CC(O)c2ccc(F)cc2)CC1. The van der Waals surface area contributed by atoms with Crippen LogP contribution in [0.3, 0.4) is 0 Å². The number of hydrogen-bond acceptors (Lipinski definition) is 4. The van der Waals surface area contributed by atoms with Crippen LogP contribution in [-0.2, 0) is 4.74 Å². The van der Waals surface area contributed by atoms with Crippen LogP contribution in [0.5, 0.6) is 0 Å². The summed E-state index contributed by atoms with van der Waals surface area (Å²) in [6.45, 7) is 7.68. The van der Waals surface area contributed by atoms with Crippen molar-refractivity contribution < 1.29 is 19.0 Å². The molecule has 1 amide bonds. The highest BCUT2D eigenvalue weighted by molar-refractivity contribution is 5.67. The summed E-state index contributed by atoms with van der Waals surface area (Å²) in [6.07, 6.45) is -0.0814. The lowest BCUT2D eigenvalue weighted by atomic mass is 10.1. The maximum Gasteiger partial charge on any atom is 0.409 e. The number of aliphatic hydroxyl groups is 1. The zero-order valence-corrected chi connectivity index (χ0v) is 14.4. The van der Waals surface area contributed by atoms with Crippen molar-refractivity contribution in [3.63, 3.8) is 0 Å². The molecule has 1 N–H and O–H groups in total. The van der Waals surface area contributed by atoms with E-state index in [9.17, 15) is 14.3 Å². The van der Waals surface area contributed by atoms with Gasteiger partial charge in [0.2, 0.25) is 0 Å². The predicted octanol–water partition coefficient (Wildman–Crippen LogP) is 2.66. The fraction of sp³-hybridized carbons (Fsp3) is 0.611. The molecule has 1 atom stereocenters. The Bertz CT molecular complexity index is 522. The van der Waals surface area contributed by atoms with Crippen LogP contribution in [0, 0.1) is 11.7 Å². The molecule has 0 aromatic heterocycles. The van der Waals surface area contributed by atoms with Gasteiger partial charge in [0.15, 0.2) is 0 Å². The summed E-state index contributed by atoms with van der Waals surface area (Å²) in [5.41, 5.74) is 0.703. The second kappa shape index (κ2) is 8.99. The first-order chi connectivity index (χ1) is 11.5. The van der Waals surface area contributed by atoms with Crippen molar-refractivity contribution in [3.8, 4) is 0 Å². The predicted molar refractivity (Wildman–Crippen MR) is 90.2 cm³/mol. The van der Waals surface area contributed by atoms with Gasteiger partial charge in [-0.2, -0.15) is 0 Å². The van der Waals surface area contributed by atoms with Crippen molar-refractivity contribution >= 4 is 6.09 Å². The number of ether oxygens (including phenoxy) is 1. The molecule has 134 valence electrons. The number of β-amino-alcohol motifs (C(OH)–C–C–N with tert-alkyl or cyclic N) is 1. The summed E-state index contributed by atoms with van der Waals surface area (Å²) in [4.78, 5) is 15.9. The van der Waals surface area contributed by atoms with Gasteiger partial charge in [-0.25, -0.2) is 9.18 Å². The first-order valence-electron chi connectivity index (χ1n) is 8.53. The third kappa shape index (κ3) is 5.76. The quantitative estimate of drug-likeness (QED) is 0.897. The van der Waals surface area contributed by atoms with E-state index in [1.165, 1.54) is 12.1 Å². The van der Waals surface area contributed by atoms with Crippen LogP contribution >= 0.6 is 0 Å². The topological polar surface area (TPSA) is 53.0 Å². The maximum atomic E-state index is 13.0. The van der Waals surface area contributed by atoms with Gasteiger partial charge in [-0.3, -0.25) is 4.90 Å². The van der Waals surface area contributed by atoms with Gasteiger partial charge in [-0.15, -0.1) is 0 Å². The molecule has 1 saturated heterocycles. The van der Waals surface area contributed by atoms with Crippen LogP contribution in [0.4, 0.5) is 9.18 Å². The standard InChI is InChI=1S/C18H27FN2O3/c1-14(2)13-24-18(23)21-9-3-8-20(10-11-21)12-17(22)15-4-6-16(19)7-5-15/h4-7,14,17,22H,3,8-13H2,1-2H3. The first-order valence-corrected chi connectivity index (χ1v) is 8.53. The first kappa shape index (κ1) is 18.7. The van der Waals surface area contributed by atoms with Crippen LogP contribution in [0.1, 0.15) is 31.9 Å². The molecule has 6 heteroatoms. The Hall–Kier alpha value is -1.66. The zero-order valence-electron chi connectivity index (χ0n) is 14.4. The molecule has 1 heterocycles. The molecule has 1 aromatic carbocycles. The number of amides is 1. The third-order valence-corrected chi connectivity index (χ3v) is 4.07. The normalized spacial score (nSPS) is 17.6. The van der Waals surface area contributed by atoms with Gasteiger partial charge in [0, 0.05) is 32.7 Å². The Morgan fingerprint density at radius 2 is 1.92 bits per heavy atom. The Balaban J connectivity index is 1.82. The Morgan fingerprint density at radius 1 is 1.21 bits per heavy atom. The zero-order chi connectivity index (χ0) is 17.5. The van der Waals surface area contributed by atoms with Crippen molar-refractivity contribution in [1.82, 2.24) is 9.80 Å². The van der Waals surface area contributed by atoms with Crippen molar-refractivity contribution in [1.29, 1.82) is 0 Å². The highest BCUT2D eigenvalue weighted by Crippen LogP contribution is 2.16. The van der Waals surface area contributed by atoms with Crippen LogP contribution in [0.2, 0.25) is 0 Å². The van der Waals surface area contributed by atoms with E-state index in [1.54, 1.807) is 17.0 Å². The van der Waals surface area contributed by atoms with E-state index in [0.29, 0.717) is 44.3 Å². The average Bonchev–Trinajstić information content (AvgIpc) is 2.79. The molecule has 1 fully saturated rings. The van der Waals surface area contributed by atoms with Crippen molar-refractivity contribution in [2.75, 3.05) is 39.3 Å². The largest absolute Gasteiger partial charge is 0.449 e. The lowest BCUT2D eigenvalue weighted by Crippen LogP contribution is -2.37. The van der Waals surface area contributed by atoms with Gasteiger partial charge in [0.05, 0.1) is 12.7 Å². The monoisotopic (exact) mass is 338 g/mol. The number of halogens is 1. The minimum absolute atomic E-state index is 0.260. The van der Waals surface area contributed by atoms with E-state index in [2.05, 4.69) is 4.90 Å². The Morgan fingerprint density at radius 3 is 2.58 bits per heavy atom. The van der Waals surface area contributed by atoms with Gasteiger partial charge < -0.3 is 14.7 Å². The molecule has 1 aliphatic rings. The highest BCUT2D eigenvalue weighted by Gasteiger charge is 2.22. The molecule has 0 radical (unpaired) electrons. The van der Waals surface area contributed by atoms with Crippen LogP contribution in [0.15, 0.2) is 24.3 Å². The van der Waals surface area contributed by atoms with Gasteiger partial charge in [-0.05, 0) is 30.0 Å². The van der Waals surface area contributed by atoms with E-state index in [4.69, 9.17) is 4.74 Å². The Labute approximate surface area is 143 Å². The number of aliphatic hydroxyl groups excluding tert-OH is 1. The van der Waals surface area contributed by atoms with E-state index in [1.807, 2.05) is 13.8 Å². The summed E-state index contributed by atoms with van der Waals surface area (Å²) in [5.74, 6) is 0.0135. The average molecular weight is 338 g/mol. The second-order valence-corrected chi connectivity index (χ2v) is 6.68. The summed E-state index contributed by atoms with van der Waals surface area (Å²) in [7, 11) is 0. The summed E-state index contributed by atoms with van der Waals surface area (Å²) >= 11 is 0. The molecule has 1 aromatic rings. The molecule has 0 bridgehead atoms. The summed E-state index contributed by atoms with van der Waals surface area (Å²) in [6, 6.07) is 5.92. The van der Waals surface area contributed by atoms with Crippen LogP contribution in [-0.4, -0.2) is 60.3 Å². The number of hydrogen-bond donors (Lipinski definition) is 1. The number of carbonyl (C=O) groups is 1. The molecule has 5 nitrogen and oxygen atoms in total. The number of benzene rings is 1. The second-order valence-electron chi connectivity index (χ2n) is 6.68. The van der Waals surface area contributed by atoms with Crippen molar-refractivity contribution in [3.05, 3.63) is 35.6 Å². The molecule has 2 rings (SSSR count). The van der Waals surface area contributed by atoms with E-state index in [0.717, 1.165) is 13.0 Å². The van der Waals surface area contributed by atoms with E-state index in [-0.39, 0.29) is 11.9 Å². The summed E-state index contributed by atoms with van der Waals surface area (Å²) in [5, 5.41) is 10.3. The maximum absolute atomic E-state index is 13.0. The number of rotatable bonds is 5. The fourth-order valence-corrected chi connectivity index (χ4v) is 2.70. The van der Waals surface area contributed by atoms with Gasteiger partial charge >= 0.3 is 6.09 Å². The van der Waals surface area contributed by atoms with Gasteiger partial charge in [0.1, 0.15) is 5.82 Å². The molecule has 24 heavy (non-hydrogen) atoms. The lowest BCUT2D eigenvalue weighted by molar-refractivity contribution is 0.0904. The van der Waals surface area contributed by atoms with Crippen LogP contribution in [0.25, 0.3) is 0 Å². The molecular weight excluding hydrogens is 311 g/mol. The third-order valence-electron chi connectivity index (χ3n) is 4.07. The van der Waals surface area contributed by atoms with Crippen LogP contribution < -0.4 is 0 Å². The molecule has 1 aliphatic heterocycles. The van der Waals surface area contributed by atoms with Crippen molar-refractivity contribution in [2.24, 2.45) is 5.92 Å². The van der Waals surface area contributed by atoms with Crippen molar-refractivity contribution in [2.45, 2.75) is 26.4 Å². The number of nitrogens with zero attached hydrogens (tertiary/aromatic N) is 2. The summed E-state index contributed by atoms with van der Waals surface area (Å²) < 4.78 is 18.2.